The zero-order chi connectivity index (χ0) is 16.8. The molecule has 1 aliphatic carbocycles. The van der Waals surface area contributed by atoms with Crippen LogP contribution in [-0.4, -0.2) is 19.2 Å². The summed E-state index contributed by atoms with van der Waals surface area (Å²) in [6, 6.07) is 1.31. The highest BCUT2D eigenvalue weighted by atomic mass is 32.2. The van der Waals surface area contributed by atoms with Crippen LogP contribution in [0.1, 0.15) is 31.7 Å². The lowest BCUT2D eigenvalue weighted by atomic mass is 10.1. The van der Waals surface area contributed by atoms with Gasteiger partial charge in [-0.15, -0.1) is 0 Å². The second kappa shape index (κ2) is 5.59. The van der Waals surface area contributed by atoms with E-state index in [-0.39, 0.29) is 17.3 Å². The van der Waals surface area contributed by atoms with Gasteiger partial charge in [0.05, 0.1) is 5.69 Å². The molecule has 124 valence electrons. The van der Waals surface area contributed by atoms with E-state index in [4.69, 9.17) is 4.42 Å². The van der Waals surface area contributed by atoms with Crippen LogP contribution < -0.4 is 5.76 Å². The van der Waals surface area contributed by atoms with Gasteiger partial charge in [0.25, 0.3) is 0 Å². The minimum atomic E-state index is -3.88. The quantitative estimate of drug-likeness (QED) is 0.859. The topological polar surface area (TPSA) is 69.3 Å². The Balaban J connectivity index is 2.17. The van der Waals surface area contributed by atoms with E-state index < -0.39 is 32.1 Å². The van der Waals surface area contributed by atoms with E-state index >= 15 is 0 Å². The van der Waals surface area contributed by atoms with Crippen molar-refractivity contribution >= 4 is 9.84 Å². The van der Waals surface area contributed by atoms with Gasteiger partial charge in [0.2, 0.25) is 0 Å². The molecule has 0 amide bonds. The van der Waals surface area contributed by atoms with E-state index in [2.05, 4.69) is 0 Å². The van der Waals surface area contributed by atoms with Crippen molar-refractivity contribution in [1.29, 1.82) is 0 Å². The third kappa shape index (κ3) is 2.83. The van der Waals surface area contributed by atoms with Crippen molar-refractivity contribution in [3.8, 4) is 11.3 Å². The van der Waals surface area contributed by atoms with Crippen molar-refractivity contribution in [1.82, 2.24) is 4.57 Å². The van der Waals surface area contributed by atoms with Crippen molar-refractivity contribution in [2.24, 2.45) is 0 Å². The van der Waals surface area contributed by atoms with Crippen LogP contribution in [0, 0.1) is 11.6 Å². The van der Waals surface area contributed by atoms with Gasteiger partial charge in [-0.1, -0.05) is 12.8 Å². The van der Waals surface area contributed by atoms with Gasteiger partial charge in [0, 0.05) is 17.9 Å². The predicted molar refractivity (Wildman–Crippen MR) is 78.9 cm³/mol. The second-order valence-electron chi connectivity index (χ2n) is 5.73. The highest BCUT2D eigenvalue weighted by Gasteiger charge is 2.26. The van der Waals surface area contributed by atoms with Crippen LogP contribution in [0.5, 0.6) is 0 Å². The summed E-state index contributed by atoms with van der Waals surface area (Å²) in [5.74, 6) is -2.60. The van der Waals surface area contributed by atoms with Crippen LogP contribution in [0.2, 0.25) is 0 Å². The first-order chi connectivity index (χ1) is 10.8. The monoisotopic (exact) mass is 343 g/mol. The molecule has 5 nitrogen and oxygen atoms in total. The molecule has 0 radical (unpaired) electrons. The van der Waals surface area contributed by atoms with E-state index in [9.17, 15) is 22.0 Å². The Hall–Kier alpha value is -1.96. The van der Waals surface area contributed by atoms with Gasteiger partial charge in [-0.05, 0) is 25.0 Å². The molecule has 23 heavy (non-hydrogen) atoms. The molecule has 0 spiro atoms. The molecular weight excluding hydrogens is 328 g/mol. The molecule has 0 unspecified atom stereocenters. The predicted octanol–water partition coefficient (Wildman–Crippen LogP) is 2.91. The SMILES string of the molecule is CS(=O)(=O)c1cc(F)c(-c2coc(=O)n2C2CCCC2)cc1F. The Kier molecular flexibility index (Phi) is 3.87. The minimum absolute atomic E-state index is 0.117. The summed E-state index contributed by atoms with van der Waals surface area (Å²) in [5.41, 5.74) is -0.0639. The molecule has 0 saturated heterocycles. The molecule has 3 rings (SSSR count). The normalized spacial score (nSPS) is 16.1. The van der Waals surface area contributed by atoms with Gasteiger partial charge in [0.1, 0.15) is 22.8 Å². The fraction of sp³-hybridized carbons (Fsp3) is 0.400. The Morgan fingerprint density at radius 2 is 1.83 bits per heavy atom. The Bertz CT molecular complexity index is 908. The first-order valence-corrected chi connectivity index (χ1v) is 9.07. The van der Waals surface area contributed by atoms with Gasteiger partial charge in [-0.25, -0.2) is 22.0 Å². The molecule has 0 aliphatic heterocycles. The first kappa shape index (κ1) is 15.9. The van der Waals surface area contributed by atoms with Gasteiger partial charge in [-0.3, -0.25) is 4.57 Å². The Morgan fingerprint density at radius 1 is 1.17 bits per heavy atom. The van der Waals surface area contributed by atoms with Gasteiger partial charge < -0.3 is 4.42 Å². The molecule has 1 saturated carbocycles. The van der Waals surface area contributed by atoms with Crippen molar-refractivity contribution < 1.29 is 21.6 Å². The Labute approximate surface area is 131 Å². The van der Waals surface area contributed by atoms with Crippen LogP contribution in [0.3, 0.4) is 0 Å². The number of hydrogen-bond donors (Lipinski definition) is 0. The molecule has 0 bridgehead atoms. The van der Waals surface area contributed by atoms with Crippen molar-refractivity contribution in [2.75, 3.05) is 6.26 Å². The molecule has 2 aromatic rings. The summed E-state index contributed by atoms with van der Waals surface area (Å²) in [7, 11) is -3.88. The molecule has 1 heterocycles. The number of oxazole rings is 1. The molecule has 1 aliphatic rings. The number of nitrogens with zero attached hydrogens (tertiary/aromatic N) is 1. The summed E-state index contributed by atoms with van der Waals surface area (Å²) < 4.78 is 57.5. The van der Waals surface area contributed by atoms with E-state index in [1.807, 2.05) is 0 Å². The smallest absolute Gasteiger partial charge is 0.416 e. The average Bonchev–Trinajstić information content (AvgIpc) is 3.08. The highest BCUT2D eigenvalue weighted by Crippen LogP contribution is 2.34. The summed E-state index contributed by atoms with van der Waals surface area (Å²) in [6.07, 6.45) is 5.31. The van der Waals surface area contributed by atoms with Crippen molar-refractivity contribution in [2.45, 2.75) is 36.6 Å². The molecular formula is C15H15F2NO4S. The molecule has 1 fully saturated rings. The zero-order valence-corrected chi connectivity index (χ0v) is 13.2. The summed E-state index contributed by atoms with van der Waals surface area (Å²) in [4.78, 5) is 11.2. The first-order valence-electron chi connectivity index (χ1n) is 7.18. The third-order valence-corrected chi connectivity index (χ3v) is 5.23. The van der Waals surface area contributed by atoms with Crippen molar-refractivity contribution in [3.63, 3.8) is 0 Å². The molecule has 0 atom stereocenters. The lowest BCUT2D eigenvalue weighted by molar-refractivity contribution is 0.430. The number of rotatable bonds is 3. The van der Waals surface area contributed by atoms with Crippen molar-refractivity contribution in [3.05, 3.63) is 40.6 Å². The molecule has 0 N–H and O–H groups in total. The summed E-state index contributed by atoms with van der Waals surface area (Å²) in [5, 5.41) is 0. The maximum atomic E-state index is 14.3. The van der Waals surface area contributed by atoms with Crippen LogP contribution >= 0.6 is 0 Å². The van der Waals surface area contributed by atoms with Crippen LogP contribution in [0.4, 0.5) is 8.78 Å². The lowest BCUT2D eigenvalue weighted by Gasteiger charge is -2.14. The lowest BCUT2D eigenvalue weighted by Crippen LogP contribution is -2.20. The number of benzene rings is 1. The number of aromatic nitrogens is 1. The summed E-state index contributed by atoms with van der Waals surface area (Å²) in [6.45, 7) is 0. The Morgan fingerprint density at radius 3 is 2.43 bits per heavy atom. The number of halogens is 2. The van der Waals surface area contributed by atoms with Gasteiger partial charge >= 0.3 is 5.76 Å². The fourth-order valence-electron chi connectivity index (χ4n) is 3.03. The molecule has 8 heteroatoms. The highest BCUT2D eigenvalue weighted by molar-refractivity contribution is 7.90. The standard InChI is InChI=1S/C15H15F2NO4S/c1-23(20,21)14-7-11(16)10(6-12(14)17)13-8-22-15(19)18(13)9-4-2-3-5-9/h6-9H,2-5H2,1H3. The third-order valence-electron chi connectivity index (χ3n) is 4.11. The number of hydrogen-bond acceptors (Lipinski definition) is 4. The van der Waals surface area contributed by atoms with Gasteiger partial charge in [-0.2, -0.15) is 0 Å². The van der Waals surface area contributed by atoms with E-state index in [0.29, 0.717) is 6.07 Å². The molecule has 1 aromatic carbocycles. The zero-order valence-electron chi connectivity index (χ0n) is 12.4. The van der Waals surface area contributed by atoms with E-state index in [0.717, 1.165) is 44.3 Å². The minimum Gasteiger partial charge on any atom is -0.416 e. The number of sulfone groups is 1. The van der Waals surface area contributed by atoms with E-state index in [1.165, 1.54) is 4.57 Å². The second-order valence-corrected chi connectivity index (χ2v) is 7.71. The average molecular weight is 343 g/mol. The maximum Gasteiger partial charge on any atom is 0.419 e. The largest absolute Gasteiger partial charge is 0.419 e. The maximum absolute atomic E-state index is 14.3. The van der Waals surface area contributed by atoms with Crippen LogP contribution in [-0.2, 0) is 9.84 Å². The summed E-state index contributed by atoms with van der Waals surface area (Å²) >= 11 is 0. The van der Waals surface area contributed by atoms with E-state index in [1.54, 1.807) is 0 Å². The van der Waals surface area contributed by atoms with Gasteiger partial charge in [0.15, 0.2) is 9.84 Å². The van der Waals surface area contributed by atoms with Crippen LogP contribution in [0.15, 0.2) is 32.5 Å². The van der Waals surface area contributed by atoms with Crippen LogP contribution in [0.25, 0.3) is 11.3 Å². The molecule has 1 aromatic heterocycles. The fourth-order valence-corrected chi connectivity index (χ4v) is 3.76.